The third kappa shape index (κ3) is 3.14. The lowest BCUT2D eigenvalue weighted by atomic mass is 9.90. The maximum atomic E-state index is 4.85. The maximum Gasteiger partial charge on any atom is 0.123 e. The number of nitrogens with one attached hydrogen (secondary N) is 1. The summed E-state index contributed by atoms with van der Waals surface area (Å²) in [6.45, 7) is 3.09. The third-order valence-electron chi connectivity index (χ3n) is 3.74. The van der Waals surface area contributed by atoms with Crippen LogP contribution in [-0.4, -0.2) is 30.5 Å². The Morgan fingerprint density at radius 2 is 1.52 bits per heavy atom. The fourth-order valence-electron chi connectivity index (χ4n) is 2.88. The summed E-state index contributed by atoms with van der Waals surface area (Å²) >= 11 is 0. The predicted octanol–water partition coefficient (Wildman–Crippen LogP) is 3.06. The van der Waals surface area contributed by atoms with Gasteiger partial charge in [0.25, 0.3) is 0 Å². The number of hydrogen-bond acceptors (Lipinski definition) is 3. The average molecular weight is 279 g/mol. The SMILES string of the molecule is CC1CN(C)NC(C(c2ccccc2)c2ccccc2)=N1. The van der Waals surface area contributed by atoms with Crippen LogP contribution in [0.1, 0.15) is 24.0 Å². The van der Waals surface area contributed by atoms with E-state index in [0.717, 1.165) is 12.4 Å². The molecule has 3 heteroatoms. The van der Waals surface area contributed by atoms with Gasteiger partial charge in [0, 0.05) is 13.6 Å². The molecule has 0 saturated heterocycles. The van der Waals surface area contributed by atoms with Crippen molar-refractivity contribution < 1.29 is 0 Å². The Kier molecular flexibility index (Phi) is 4.02. The number of aliphatic imine (C=N–C) groups is 1. The lowest BCUT2D eigenvalue weighted by Crippen LogP contribution is -2.49. The van der Waals surface area contributed by atoms with E-state index in [1.807, 2.05) is 0 Å². The third-order valence-corrected chi connectivity index (χ3v) is 3.74. The van der Waals surface area contributed by atoms with Gasteiger partial charge in [-0.15, -0.1) is 0 Å². The molecule has 1 unspecified atom stereocenters. The molecule has 1 N–H and O–H groups in total. The van der Waals surface area contributed by atoms with E-state index in [4.69, 9.17) is 4.99 Å². The number of rotatable bonds is 3. The minimum Gasteiger partial charge on any atom is -0.306 e. The van der Waals surface area contributed by atoms with Crippen LogP contribution in [0.3, 0.4) is 0 Å². The Balaban J connectivity index is 2.05. The Morgan fingerprint density at radius 1 is 1.00 bits per heavy atom. The highest BCUT2D eigenvalue weighted by Crippen LogP contribution is 2.26. The largest absolute Gasteiger partial charge is 0.306 e. The van der Waals surface area contributed by atoms with Gasteiger partial charge in [0.2, 0.25) is 0 Å². The molecule has 0 spiro atoms. The van der Waals surface area contributed by atoms with E-state index in [0.29, 0.717) is 6.04 Å². The summed E-state index contributed by atoms with van der Waals surface area (Å²) in [4.78, 5) is 4.85. The topological polar surface area (TPSA) is 27.6 Å². The van der Waals surface area contributed by atoms with Gasteiger partial charge in [-0.05, 0) is 18.1 Å². The molecule has 3 rings (SSSR count). The van der Waals surface area contributed by atoms with E-state index < -0.39 is 0 Å². The van der Waals surface area contributed by atoms with E-state index in [-0.39, 0.29) is 5.92 Å². The van der Waals surface area contributed by atoms with Gasteiger partial charge < -0.3 is 5.43 Å². The van der Waals surface area contributed by atoms with Crippen LogP contribution in [0.5, 0.6) is 0 Å². The van der Waals surface area contributed by atoms with Gasteiger partial charge in [-0.1, -0.05) is 60.7 Å². The number of benzene rings is 2. The van der Waals surface area contributed by atoms with Gasteiger partial charge in [-0.3, -0.25) is 4.99 Å². The zero-order valence-corrected chi connectivity index (χ0v) is 12.5. The van der Waals surface area contributed by atoms with E-state index in [1.165, 1.54) is 11.1 Å². The molecular formula is C18H21N3. The first-order valence-corrected chi connectivity index (χ1v) is 7.39. The fraction of sp³-hybridized carbons (Fsp3) is 0.278. The highest BCUT2D eigenvalue weighted by atomic mass is 15.5. The van der Waals surface area contributed by atoms with Crippen LogP contribution in [0.25, 0.3) is 0 Å². The van der Waals surface area contributed by atoms with Gasteiger partial charge in [-0.2, -0.15) is 0 Å². The average Bonchev–Trinajstić information content (AvgIpc) is 2.49. The monoisotopic (exact) mass is 279 g/mol. The van der Waals surface area contributed by atoms with Crippen LogP contribution >= 0.6 is 0 Å². The molecule has 0 amide bonds. The van der Waals surface area contributed by atoms with Crippen molar-refractivity contribution in [2.75, 3.05) is 13.6 Å². The van der Waals surface area contributed by atoms with Crippen molar-refractivity contribution >= 4 is 5.84 Å². The van der Waals surface area contributed by atoms with E-state index >= 15 is 0 Å². The standard InChI is InChI=1S/C18H21N3/c1-14-13-21(2)20-18(19-14)17(15-9-5-3-6-10-15)16-11-7-4-8-12-16/h3-12,14,17H,13H2,1-2H3,(H,19,20). The quantitative estimate of drug-likeness (QED) is 0.935. The van der Waals surface area contributed by atoms with Gasteiger partial charge >= 0.3 is 0 Å². The number of hydrazine groups is 1. The van der Waals surface area contributed by atoms with E-state index in [9.17, 15) is 0 Å². The highest BCUT2D eigenvalue weighted by Gasteiger charge is 2.25. The lowest BCUT2D eigenvalue weighted by molar-refractivity contribution is 0.258. The summed E-state index contributed by atoms with van der Waals surface area (Å²) in [5.74, 6) is 1.17. The van der Waals surface area contributed by atoms with Crippen molar-refractivity contribution in [3.63, 3.8) is 0 Å². The molecule has 0 aliphatic carbocycles. The molecule has 1 aliphatic heterocycles. The van der Waals surface area contributed by atoms with E-state index in [2.05, 4.69) is 85.1 Å². The summed E-state index contributed by atoms with van der Waals surface area (Å²) in [5, 5.41) is 2.12. The summed E-state index contributed by atoms with van der Waals surface area (Å²) in [5.41, 5.74) is 5.95. The second-order valence-electron chi connectivity index (χ2n) is 5.61. The minimum atomic E-state index is 0.151. The molecule has 0 radical (unpaired) electrons. The van der Waals surface area contributed by atoms with Gasteiger partial charge in [0.15, 0.2) is 0 Å². The first-order valence-electron chi connectivity index (χ1n) is 7.39. The van der Waals surface area contributed by atoms with Crippen LogP contribution in [0, 0.1) is 0 Å². The number of nitrogens with zero attached hydrogens (tertiary/aromatic N) is 2. The zero-order chi connectivity index (χ0) is 14.7. The van der Waals surface area contributed by atoms with Gasteiger partial charge in [0.1, 0.15) is 5.84 Å². The summed E-state index contributed by atoms with van der Waals surface area (Å²) < 4.78 is 0. The molecule has 0 aromatic heterocycles. The first kappa shape index (κ1) is 13.8. The summed E-state index contributed by atoms with van der Waals surface area (Å²) in [7, 11) is 2.07. The minimum absolute atomic E-state index is 0.151. The van der Waals surface area contributed by atoms with Crippen molar-refractivity contribution in [2.24, 2.45) is 4.99 Å². The van der Waals surface area contributed by atoms with Crippen LogP contribution in [0.2, 0.25) is 0 Å². The van der Waals surface area contributed by atoms with Crippen molar-refractivity contribution in [2.45, 2.75) is 18.9 Å². The van der Waals surface area contributed by atoms with Crippen LogP contribution in [0.15, 0.2) is 65.7 Å². The molecule has 2 aromatic carbocycles. The molecule has 0 fully saturated rings. The van der Waals surface area contributed by atoms with Crippen molar-refractivity contribution in [1.82, 2.24) is 10.4 Å². The molecule has 0 bridgehead atoms. The Labute approximate surface area is 126 Å². The predicted molar refractivity (Wildman–Crippen MR) is 87.4 cm³/mol. The maximum absolute atomic E-state index is 4.85. The summed E-state index contributed by atoms with van der Waals surface area (Å²) in [6.07, 6.45) is 0. The van der Waals surface area contributed by atoms with Gasteiger partial charge in [-0.25, -0.2) is 5.01 Å². The smallest absolute Gasteiger partial charge is 0.123 e. The van der Waals surface area contributed by atoms with Crippen LogP contribution in [-0.2, 0) is 0 Å². The van der Waals surface area contributed by atoms with Crippen molar-refractivity contribution in [3.05, 3.63) is 71.8 Å². The van der Waals surface area contributed by atoms with Crippen molar-refractivity contribution in [3.8, 4) is 0 Å². The molecule has 0 saturated carbocycles. The molecular weight excluding hydrogens is 258 g/mol. The Hall–Kier alpha value is -2.13. The second-order valence-corrected chi connectivity index (χ2v) is 5.61. The molecule has 21 heavy (non-hydrogen) atoms. The van der Waals surface area contributed by atoms with Crippen LogP contribution in [0.4, 0.5) is 0 Å². The van der Waals surface area contributed by atoms with E-state index in [1.54, 1.807) is 0 Å². The molecule has 3 nitrogen and oxygen atoms in total. The molecule has 1 aliphatic rings. The molecule has 2 aromatic rings. The lowest BCUT2D eigenvalue weighted by Gasteiger charge is -2.32. The normalized spacial score (nSPS) is 19.2. The number of likely N-dealkylation sites (N-methyl/N-ethyl adjacent to an activating group) is 1. The molecule has 1 heterocycles. The Bertz CT molecular complexity index is 567. The molecule has 108 valence electrons. The summed E-state index contributed by atoms with van der Waals surface area (Å²) in [6, 6.07) is 21.4. The van der Waals surface area contributed by atoms with Crippen LogP contribution < -0.4 is 5.43 Å². The number of hydrogen-bond donors (Lipinski definition) is 1. The van der Waals surface area contributed by atoms with Gasteiger partial charge in [0.05, 0.1) is 12.0 Å². The molecule has 1 atom stereocenters. The fourth-order valence-corrected chi connectivity index (χ4v) is 2.88. The first-order chi connectivity index (χ1) is 10.2. The second kappa shape index (κ2) is 6.10. The zero-order valence-electron chi connectivity index (χ0n) is 12.5. The Morgan fingerprint density at radius 3 is 2.00 bits per heavy atom. The highest BCUT2D eigenvalue weighted by molar-refractivity contribution is 5.92. The van der Waals surface area contributed by atoms with Crippen molar-refractivity contribution in [1.29, 1.82) is 0 Å². The number of amidine groups is 1.